The van der Waals surface area contributed by atoms with Crippen LogP contribution in [0, 0.1) is 23.5 Å². The minimum atomic E-state index is -0.550. The van der Waals surface area contributed by atoms with Gasteiger partial charge in [-0.05, 0) is 55.2 Å². The molecule has 2 aliphatic rings. The van der Waals surface area contributed by atoms with Crippen molar-refractivity contribution in [1.29, 1.82) is 0 Å². The van der Waals surface area contributed by atoms with E-state index >= 15 is 0 Å². The Morgan fingerprint density at radius 3 is 2.81 bits per heavy atom. The maximum Gasteiger partial charge on any atom is 0.133 e. The fraction of sp³-hybridized carbons (Fsp3) is 0.529. The molecule has 1 aliphatic heterocycles. The summed E-state index contributed by atoms with van der Waals surface area (Å²) in [4.78, 5) is 0. The van der Waals surface area contributed by atoms with Gasteiger partial charge in [0.05, 0.1) is 6.10 Å². The lowest BCUT2D eigenvalue weighted by molar-refractivity contribution is 0.135. The van der Waals surface area contributed by atoms with Crippen LogP contribution in [0.15, 0.2) is 24.3 Å². The second-order valence-electron chi connectivity index (χ2n) is 6.12. The first-order valence-electron chi connectivity index (χ1n) is 7.69. The van der Waals surface area contributed by atoms with E-state index in [0.717, 1.165) is 43.9 Å². The van der Waals surface area contributed by atoms with E-state index < -0.39 is 11.6 Å². The number of hydrogen-bond acceptors (Lipinski definition) is 2. The van der Waals surface area contributed by atoms with Crippen LogP contribution >= 0.6 is 0 Å². The number of benzene rings is 1. The molecule has 1 aromatic carbocycles. The van der Waals surface area contributed by atoms with E-state index in [1.807, 2.05) is 6.08 Å². The first-order valence-corrected chi connectivity index (χ1v) is 7.69. The van der Waals surface area contributed by atoms with Crippen LogP contribution in [0.2, 0.25) is 0 Å². The second kappa shape index (κ2) is 6.24. The van der Waals surface area contributed by atoms with Crippen molar-refractivity contribution >= 4 is 5.57 Å². The molecule has 2 atom stereocenters. The molecule has 1 heterocycles. The maximum atomic E-state index is 14.0. The minimum Gasteiger partial charge on any atom is -0.393 e. The Bertz CT molecular complexity index is 540. The predicted octanol–water partition coefficient (Wildman–Crippen LogP) is 3.12. The molecular formula is C17H21F2NO. The van der Waals surface area contributed by atoms with Crippen molar-refractivity contribution in [2.24, 2.45) is 11.8 Å². The van der Waals surface area contributed by atoms with Crippen LogP contribution in [-0.2, 0) is 0 Å². The Morgan fingerprint density at radius 2 is 2.10 bits per heavy atom. The van der Waals surface area contributed by atoms with Gasteiger partial charge in [0.25, 0.3) is 0 Å². The summed E-state index contributed by atoms with van der Waals surface area (Å²) in [7, 11) is 0. The third kappa shape index (κ3) is 3.50. The summed E-state index contributed by atoms with van der Waals surface area (Å²) >= 11 is 0. The molecule has 2 unspecified atom stereocenters. The molecule has 0 aromatic heterocycles. The molecule has 4 heteroatoms. The van der Waals surface area contributed by atoms with Gasteiger partial charge >= 0.3 is 0 Å². The molecule has 0 amide bonds. The fourth-order valence-electron chi connectivity index (χ4n) is 3.12. The highest BCUT2D eigenvalue weighted by molar-refractivity contribution is 5.69. The molecule has 0 spiro atoms. The predicted molar refractivity (Wildman–Crippen MR) is 78.7 cm³/mol. The normalized spacial score (nSPS) is 23.8. The molecule has 21 heavy (non-hydrogen) atoms. The molecule has 1 aromatic rings. The Kier molecular flexibility index (Phi) is 4.36. The van der Waals surface area contributed by atoms with Crippen molar-refractivity contribution in [3.8, 4) is 0 Å². The van der Waals surface area contributed by atoms with E-state index in [4.69, 9.17) is 0 Å². The largest absolute Gasteiger partial charge is 0.393 e. The van der Waals surface area contributed by atoms with Gasteiger partial charge in [-0.1, -0.05) is 6.08 Å². The zero-order chi connectivity index (χ0) is 14.8. The summed E-state index contributed by atoms with van der Waals surface area (Å²) in [6.45, 7) is 1.48. The van der Waals surface area contributed by atoms with Gasteiger partial charge < -0.3 is 10.4 Å². The van der Waals surface area contributed by atoms with Crippen molar-refractivity contribution in [2.75, 3.05) is 13.1 Å². The monoisotopic (exact) mass is 293 g/mol. The summed E-state index contributed by atoms with van der Waals surface area (Å²) in [6, 6.07) is 3.76. The van der Waals surface area contributed by atoms with Crippen molar-refractivity contribution in [3.05, 3.63) is 41.5 Å². The van der Waals surface area contributed by atoms with Gasteiger partial charge in [-0.15, -0.1) is 0 Å². The lowest BCUT2D eigenvalue weighted by atomic mass is 9.85. The van der Waals surface area contributed by atoms with Gasteiger partial charge in [0, 0.05) is 24.7 Å². The molecular weight excluding hydrogens is 272 g/mol. The number of rotatable bonds is 5. The quantitative estimate of drug-likeness (QED) is 0.874. The van der Waals surface area contributed by atoms with Crippen LogP contribution in [-0.4, -0.2) is 24.3 Å². The average molecular weight is 293 g/mol. The van der Waals surface area contributed by atoms with E-state index in [-0.39, 0.29) is 12.0 Å². The van der Waals surface area contributed by atoms with Gasteiger partial charge in [0.15, 0.2) is 0 Å². The maximum absolute atomic E-state index is 14.0. The Labute approximate surface area is 123 Å². The van der Waals surface area contributed by atoms with Crippen LogP contribution < -0.4 is 5.32 Å². The third-order valence-corrected chi connectivity index (χ3v) is 4.52. The fourth-order valence-corrected chi connectivity index (χ4v) is 3.12. The van der Waals surface area contributed by atoms with E-state index in [9.17, 15) is 13.9 Å². The molecule has 2 N–H and O–H groups in total. The van der Waals surface area contributed by atoms with Crippen LogP contribution in [0.3, 0.4) is 0 Å². The van der Waals surface area contributed by atoms with Gasteiger partial charge in [-0.25, -0.2) is 8.78 Å². The highest BCUT2D eigenvalue weighted by Gasteiger charge is 2.30. The average Bonchev–Trinajstić information content (AvgIpc) is 3.30. The molecule has 2 nitrogen and oxygen atoms in total. The van der Waals surface area contributed by atoms with Crippen molar-refractivity contribution < 1.29 is 13.9 Å². The lowest BCUT2D eigenvalue weighted by Gasteiger charge is -2.26. The third-order valence-electron chi connectivity index (χ3n) is 4.52. The molecule has 0 radical (unpaired) electrons. The highest BCUT2D eigenvalue weighted by atomic mass is 19.1. The summed E-state index contributed by atoms with van der Waals surface area (Å²) in [5, 5.41) is 13.3. The van der Waals surface area contributed by atoms with Crippen LogP contribution in [0.1, 0.15) is 31.2 Å². The molecule has 1 saturated carbocycles. The standard InChI is InChI=1S/C17H21F2NO/c18-13-4-5-15(16(19)9-13)14-7-8-20-10-12(14)3-6-17(21)11-1-2-11/h4-5,7,9,11-12,17,20-21H,1-3,6,8,10H2. The van der Waals surface area contributed by atoms with Crippen molar-refractivity contribution in [2.45, 2.75) is 31.8 Å². The van der Waals surface area contributed by atoms with Crippen molar-refractivity contribution in [1.82, 2.24) is 5.32 Å². The Balaban J connectivity index is 1.72. The zero-order valence-corrected chi connectivity index (χ0v) is 12.0. The van der Waals surface area contributed by atoms with Crippen LogP contribution in [0.5, 0.6) is 0 Å². The van der Waals surface area contributed by atoms with Gasteiger partial charge in [0.2, 0.25) is 0 Å². The number of aliphatic hydroxyl groups is 1. The number of hydrogen-bond donors (Lipinski definition) is 2. The zero-order valence-electron chi connectivity index (χ0n) is 12.0. The van der Waals surface area contributed by atoms with E-state index in [2.05, 4.69) is 5.32 Å². The lowest BCUT2D eigenvalue weighted by Crippen LogP contribution is -2.30. The summed E-state index contributed by atoms with van der Waals surface area (Å²) < 4.78 is 27.1. The minimum absolute atomic E-state index is 0.173. The molecule has 0 saturated heterocycles. The van der Waals surface area contributed by atoms with Gasteiger partial charge in [-0.3, -0.25) is 0 Å². The second-order valence-corrected chi connectivity index (χ2v) is 6.12. The highest BCUT2D eigenvalue weighted by Crippen LogP contribution is 2.37. The molecule has 114 valence electrons. The molecule has 0 bridgehead atoms. The van der Waals surface area contributed by atoms with Gasteiger partial charge in [-0.2, -0.15) is 0 Å². The Hall–Kier alpha value is -1.26. The summed E-state index contributed by atoms with van der Waals surface area (Å²) in [6.07, 6.45) is 5.57. The molecule has 1 fully saturated rings. The number of nitrogens with one attached hydrogen (secondary N) is 1. The summed E-state index contributed by atoms with van der Waals surface area (Å²) in [5.74, 6) is -0.411. The van der Waals surface area contributed by atoms with Gasteiger partial charge in [0.1, 0.15) is 11.6 Å². The number of aliphatic hydroxyl groups excluding tert-OH is 1. The van der Waals surface area contributed by atoms with E-state index in [1.54, 1.807) is 0 Å². The summed E-state index contributed by atoms with van der Waals surface area (Å²) in [5.41, 5.74) is 1.43. The topological polar surface area (TPSA) is 32.3 Å². The smallest absolute Gasteiger partial charge is 0.133 e. The Morgan fingerprint density at radius 1 is 1.29 bits per heavy atom. The molecule has 3 rings (SSSR count). The van der Waals surface area contributed by atoms with E-state index in [0.29, 0.717) is 18.0 Å². The first-order chi connectivity index (χ1) is 10.1. The van der Waals surface area contributed by atoms with E-state index in [1.165, 1.54) is 12.1 Å². The molecule has 1 aliphatic carbocycles. The van der Waals surface area contributed by atoms with Crippen molar-refractivity contribution in [3.63, 3.8) is 0 Å². The number of halogens is 2. The van der Waals surface area contributed by atoms with Crippen LogP contribution in [0.4, 0.5) is 8.78 Å². The van der Waals surface area contributed by atoms with Crippen LogP contribution in [0.25, 0.3) is 5.57 Å². The SMILES string of the molecule is OC(CCC1CNCC=C1c1ccc(F)cc1F)C1CC1. The first kappa shape index (κ1) is 14.7.